The van der Waals surface area contributed by atoms with E-state index in [1.54, 1.807) is 12.1 Å². The fourth-order valence-corrected chi connectivity index (χ4v) is 5.77. The average Bonchev–Trinajstić information content (AvgIpc) is 3.37. The number of benzene rings is 3. The number of nitrogens with one attached hydrogen (secondary N) is 1. The van der Waals surface area contributed by atoms with Crippen molar-refractivity contribution in [1.82, 2.24) is 0 Å². The first-order valence-corrected chi connectivity index (χ1v) is 12.7. The van der Waals surface area contributed by atoms with E-state index in [4.69, 9.17) is 58.0 Å². The number of amides is 1. The third kappa shape index (κ3) is 5.48. The van der Waals surface area contributed by atoms with Gasteiger partial charge in [0, 0.05) is 34.1 Å². The second-order valence-corrected chi connectivity index (χ2v) is 11.4. The van der Waals surface area contributed by atoms with Gasteiger partial charge in [-0.05, 0) is 63.5 Å². The van der Waals surface area contributed by atoms with E-state index in [-0.39, 0.29) is 33.3 Å². The van der Waals surface area contributed by atoms with Gasteiger partial charge in [0.1, 0.15) is 16.0 Å². The standard InChI is InChI=1S/C24H13BrCl5F2NO2/c25-15-5-11(6-17(27)22(15)28)20-21(24(20,29)30)23(35)33-13-3-4-16(26)14(9-13)19(34)7-10-1-2-12(31)8-18(10)32/h1-6,8-9,20-21H,7H2,(H,33,35). The molecular formula is C24H13BrCl5F2NO2. The van der Waals surface area contributed by atoms with Gasteiger partial charge in [-0.15, -0.1) is 23.2 Å². The third-order valence-corrected chi connectivity index (χ3v) is 8.53. The van der Waals surface area contributed by atoms with Gasteiger partial charge in [-0.25, -0.2) is 8.78 Å². The molecule has 2 atom stereocenters. The lowest BCUT2D eigenvalue weighted by Crippen LogP contribution is -2.17. The number of ketones is 1. The van der Waals surface area contributed by atoms with Crippen LogP contribution >= 0.6 is 73.9 Å². The summed E-state index contributed by atoms with van der Waals surface area (Å²) in [7, 11) is 0. The zero-order valence-electron chi connectivity index (χ0n) is 17.3. The zero-order chi connectivity index (χ0) is 25.7. The minimum Gasteiger partial charge on any atom is -0.326 e. The van der Waals surface area contributed by atoms with Crippen molar-refractivity contribution in [3.8, 4) is 0 Å². The van der Waals surface area contributed by atoms with Crippen molar-refractivity contribution < 1.29 is 18.4 Å². The molecular weight excluding hydrogens is 629 g/mol. The molecule has 1 aliphatic carbocycles. The molecule has 0 radical (unpaired) electrons. The predicted octanol–water partition coefficient (Wildman–Crippen LogP) is 8.64. The molecule has 0 heterocycles. The largest absolute Gasteiger partial charge is 0.326 e. The summed E-state index contributed by atoms with van der Waals surface area (Å²) in [5.41, 5.74) is 0.985. The Balaban J connectivity index is 1.52. The van der Waals surface area contributed by atoms with Crippen LogP contribution in [0.1, 0.15) is 27.4 Å². The van der Waals surface area contributed by atoms with Crippen LogP contribution in [0.3, 0.4) is 0 Å². The summed E-state index contributed by atoms with van der Waals surface area (Å²) in [5.74, 6) is -3.93. The van der Waals surface area contributed by atoms with Crippen LogP contribution in [0.2, 0.25) is 15.1 Å². The molecule has 3 nitrogen and oxygen atoms in total. The SMILES string of the molecule is O=C(Cc1ccc(F)cc1F)c1cc(NC(=O)C2C(c3cc(Cl)c(Cl)c(Br)c3)C2(Cl)Cl)ccc1Cl. The molecule has 0 aromatic heterocycles. The van der Waals surface area contributed by atoms with Gasteiger partial charge >= 0.3 is 0 Å². The summed E-state index contributed by atoms with van der Waals surface area (Å²) in [5, 5.41) is 3.41. The molecule has 0 aliphatic heterocycles. The predicted molar refractivity (Wildman–Crippen MR) is 139 cm³/mol. The van der Waals surface area contributed by atoms with Crippen molar-refractivity contribution in [3.05, 3.63) is 96.4 Å². The Morgan fingerprint density at radius 3 is 2.34 bits per heavy atom. The topological polar surface area (TPSA) is 46.2 Å². The Morgan fingerprint density at radius 2 is 1.69 bits per heavy atom. The Kier molecular flexibility index (Phi) is 7.73. The summed E-state index contributed by atoms with van der Waals surface area (Å²) in [6.07, 6.45) is -0.341. The second kappa shape index (κ2) is 10.2. The van der Waals surface area contributed by atoms with Crippen LogP contribution in [0.25, 0.3) is 0 Å². The highest BCUT2D eigenvalue weighted by Crippen LogP contribution is 2.65. The van der Waals surface area contributed by atoms with Crippen LogP contribution in [0, 0.1) is 17.6 Å². The van der Waals surface area contributed by atoms with Crippen molar-refractivity contribution in [2.45, 2.75) is 16.7 Å². The highest BCUT2D eigenvalue weighted by Gasteiger charge is 2.67. The Hall–Kier alpha value is -1.41. The molecule has 35 heavy (non-hydrogen) atoms. The molecule has 3 aromatic rings. The van der Waals surface area contributed by atoms with Gasteiger partial charge < -0.3 is 5.32 Å². The van der Waals surface area contributed by atoms with E-state index in [0.717, 1.165) is 6.07 Å². The molecule has 182 valence electrons. The maximum absolute atomic E-state index is 14.0. The molecule has 1 amide bonds. The molecule has 0 spiro atoms. The Morgan fingerprint density at radius 1 is 0.971 bits per heavy atom. The van der Waals surface area contributed by atoms with Crippen LogP contribution in [-0.2, 0) is 11.2 Å². The number of hydrogen-bond donors (Lipinski definition) is 1. The third-order valence-electron chi connectivity index (χ3n) is 5.60. The molecule has 1 fully saturated rings. The normalized spacial score (nSPS) is 18.3. The Bertz CT molecular complexity index is 1340. The summed E-state index contributed by atoms with van der Waals surface area (Å²) in [6, 6.07) is 10.6. The number of alkyl halides is 2. The number of rotatable bonds is 6. The molecule has 0 saturated heterocycles. The number of halogens is 8. The first-order valence-electron chi connectivity index (χ1n) is 10.00. The van der Waals surface area contributed by atoms with E-state index in [0.29, 0.717) is 21.1 Å². The second-order valence-electron chi connectivity index (χ2n) is 7.95. The van der Waals surface area contributed by atoms with Gasteiger partial charge in [0.15, 0.2) is 5.78 Å². The van der Waals surface area contributed by atoms with E-state index >= 15 is 0 Å². The molecule has 4 rings (SSSR count). The van der Waals surface area contributed by atoms with Crippen molar-refractivity contribution in [2.75, 3.05) is 5.32 Å². The van der Waals surface area contributed by atoms with Crippen molar-refractivity contribution in [2.24, 2.45) is 5.92 Å². The smallest absolute Gasteiger partial charge is 0.231 e. The van der Waals surface area contributed by atoms with Crippen LogP contribution in [0.5, 0.6) is 0 Å². The number of Topliss-reactive ketones (excluding diaryl/α,β-unsaturated/α-hetero) is 1. The summed E-state index contributed by atoms with van der Waals surface area (Å²) < 4.78 is 26.3. The molecule has 1 N–H and O–H groups in total. The molecule has 11 heteroatoms. The van der Waals surface area contributed by atoms with Gasteiger partial charge in [-0.3, -0.25) is 9.59 Å². The number of carbonyl (C=O) groups excluding carboxylic acids is 2. The summed E-state index contributed by atoms with van der Waals surface area (Å²) in [4.78, 5) is 25.8. The van der Waals surface area contributed by atoms with Gasteiger partial charge in [0.2, 0.25) is 5.91 Å². The summed E-state index contributed by atoms with van der Waals surface area (Å²) >= 11 is 34.5. The van der Waals surface area contributed by atoms with Crippen LogP contribution < -0.4 is 5.32 Å². The quantitative estimate of drug-likeness (QED) is 0.166. The van der Waals surface area contributed by atoms with Crippen LogP contribution in [-0.4, -0.2) is 16.0 Å². The molecule has 1 aliphatic rings. The first-order chi connectivity index (χ1) is 16.4. The highest BCUT2D eigenvalue weighted by molar-refractivity contribution is 9.10. The molecule has 3 aromatic carbocycles. The maximum atomic E-state index is 14.0. The van der Waals surface area contributed by atoms with Crippen molar-refractivity contribution in [3.63, 3.8) is 0 Å². The van der Waals surface area contributed by atoms with Gasteiger partial charge in [-0.2, -0.15) is 0 Å². The van der Waals surface area contributed by atoms with Gasteiger partial charge in [0.05, 0.1) is 21.0 Å². The van der Waals surface area contributed by atoms with E-state index in [1.807, 2.05) is 0 Å². The van der Waals surface area contributed by atoms with Crippen molar-refractivity contribution in [1.29, 1.82) is 0 Å². The lowest BCUT2D eigenvalue weighted by atomic mass is 10.0. The molecule has 0 bridgehead atoms. The minimum atomic E-state index is -1.38. The van der Waals surface area contributed by atoms with Gasteiger partial charge in [0.25, 0.3) is 0 Å². The Labute approximate surface area is 232 Å². The number of carbonyl (C=O) groups is 2. The number of hydrogen-bond acceptors (Lipinski definition) is 2. The average molecular weight is 643 g/mol. The maximum Gasteiger partial charge on any atom is 0.231 e. The molecule has 1 saturated carbocycles. The zero-order valence-corrected chi connectivity index (χ0v) is 22.7. The lowest BCUT2D eigenvalue weighted by Gasteiger charge is -2.10. The van der Waals surface area contributed by atoms with Crippen LogP contribution in [0.15, 0.2) is 53.0 Å². The minimum absolute atomic E-state index is 0.0181. The fraction of sp³-hybridized carbons (Fsp3) is 0.167. The summed E-state index contributed by atoms with van der Waals surface area (Å²) in [6.45, 7) is 0. The van der Waals surface area contributed by atoms with E-state index in [9.17, 15) is 18.4 Å². The van der Waals surface area contributed by atoms with Crippen LogP contribution in [0.4, 0.5) is 14.5 Å². The first kappa shape index (κ1) is 26.6. The highest BCUT2D eigenvalue weighted by atomic mass is 79.9. The van der Waals surface area contributed by atoms with E-state index < -0.39 is 39.5 Å². The number of anilines is 1. The lowest BCUT2D eigenvalue weighted by molar-refractivity contribution is -0.117. The molecule has 2 unspecified atom stereocenters. The monoisotopic (exact) mass is 639 g/mol. The van der Waals surface area contributed by atoms with Gasteiger partial charge in [-0.1, -0.05) is 40.9 Å². The van der Waals surface area contributed by atoms with E-state index in [1.165, 1.54) is 24.3 Å². The van der Waals surface area contributed by atoms with E-state index in [2.05, 4.69) is 21.2 Å². The fourth-order valence-electron chi connectivity index (χ4n) is 3.79. The van der Waals surface area contributed by atoms with Crippen molar-refractivity contribution >= 4 is 91.3 Å².